The van der Waals surface area contributed by atoms with Crippen LogP contribution in [0.5, 0.6) is 0 Å². The Hall–Kier alpha value is -0.810. The van der Waals surface area contributed by atoms with Gasteiger partial charge in [-0.3, -0.25) is 14.5 Å². The fourth-order valence-electron chi connectivity index (χ4n) is 3.06. The van der Waals surface area contributed by atoms with E-state index in [1.165, 1.54) is 0 Å². The molecule has 2 atom stereocenters. The van der Waals surface area contributed by atoms with E-state index in [-0.39, 0.29) is 24.4 Å². The molecule has 2 aliphatic heterocycles. The van der Waals surface area contributed by atoms with Crippen LogP contribution in [0.2, 0.25) is 0 Å². The summed E-state index contributed by atoms with van der Waals surface area (Å²) >= 11 is 0. The van der Waals surface area contributed by atoms with Crippen molar-refractivity contribution in [3.63, 3.8) is 0 Å². The average molecular weight is 291 g/mol. The van der Waals surface area contributed by atoms with E-state index in [0.717, 1.165) is 32.4 Å². The molecule has 2 fully saturated rings. The predicted molar refractivity (Wildman–Crippen MR) is 74.5 cm³/mol. The number of hydrogen-bond donors (Lipinski definition) is 1. The number of rotatable bonds is 4. The highest BCUT2D eigenvalue weighted by atomic mass is 35.5. The first-order valence-electron chi connectivity index (χ1n) is 6.86. The second-order valence-corrected chi connectivity index (χ2v) is 5.36. The molecule has 0 aromatic heterocycles. The van der Waals surface area contributed by atoms with Gasteiger partial charge in [-0.2, -0.15) is 0 Å². The van der Waals surface area contributed by atoms with Gasteiger partial charge in [0.25, 0.3) is 0 Å². The second kappa shape index (κ2) is 7.10. The molecule has 0 bridgehead atoms. The molecule has 0 aromatic rings. The van der Waals surface area contributed by atoms with Gasteiger partial charge in [-0.25, -0.2) is 0 Å². The number of aliphatic carboxylic acids is 1. The lowest BCUT2D eigenvalue weighted by atomic mass is 10.2. The summed E-state index contributed by atoms with van der Waals surface area (Å²) in [6.07, 6.45) is 4.27. The van der Waals surface area contributed by atoms with E-state index in [4.69, 9.17) is 5.11 Å². The monoisotopic (exact) mass is 290 g/mol. The maximum atomic E-state index is 12.0. The van der Waals surface area contributed by atoms with Crippen molar-refractivity contribution in [3.8, 4) is 0 Å². The minimum atomic E-state index is -0.755. The van der Waals surface area contributed by atoms with Crippen molar-refractivity contribution in [1.82, 2.24) is 9.80 Å². The molecule has 0 saturated carbocycles. The zero-order valence-corrected chi connectivity index (χ0v) is 12.2. The van der Waals surface area contributed by atoms with Crippen LogP contribution in [0.4, 0.5) is 0 Å². The van der Waals surface area contributed by atoms with Crippen molar-refractivity contribution in [1.29, 1.82) is 0 Å². The van der Waals surface area contributed by atoms with Crippen LogP contribution in [0.25, 0.3) is 0 Å². The molecule has 1 unspecified atom stereocenters. The number of carbonyl (C=O) groups excluding carboxylic acids is 1. The van der Waals surface area contributed by atoms with Crippen LogP contribution in [0.1, 0.15) is 39.0 Å². The molecule has 1 N–H and O–H groups in total. The molecule has 0 aromatic carbocycles. The molecule has 110 valence electrons. The zero-order valence-electron chi connectivity index (χ0n) is 11.4. The Labute approximate surface area is 120 Å². The fraction of sp³-hybridized carbons (Fsp3) is 0.846. The first kappa shape index (κ1) is 16.2. The highest BCUT2D eigenvalue weighted by Crippen LogP contribution is 2.20. The Kier molecular flexibility index (Phi) is 6.07. The Balaban J connectivity index is 0.00000180. The maximum absolute atomic E-state index is 12.0. The highest BCUT2D eigenvalue weighted by Gasteiger charge is 2.31. The molecule has 2 saturated heterocycles. The predicted octanol–water partition coefficient (Wildman–Crippen LogP) is 1.36. The summed E-state index contributed by atoms with van der Waals surface area (Å²) in [4.78, 5) is 26.9. The first-order valence-corrected chi connectivity index (χ1v) is 6.86. The maximum Gasteiger partial charge on any atom is 0.320 e. The van der Waals surface area contributed by atoms with Gasteiger partial charge >= 0.3 is 5.97 Å². The standard InChI is InChI=1S/C13H22N2O3.ClH/c1-10-4-2-8-15(10)12(16)6-9-14-7-3-5-11(14)13(17)18;/h10-11H,2-9H2,1H3,(H,17,18);1H/t10?,11-;/m0./s1. The Morgan fingerprint density at radius 3 is 2.47 bits per heavy atom. The number of carboxylic acids is 1. The topological polar surface area (TPSA) is 60.9 Å². The molecule has 0 spiro atoms. The molecule has 5 nitrogen and oxygen atoms in total. The molecule has 0 radical (unpaired) electrons. The normalized spacial score (nSPS) is 27.3. The zero-order chi connectivity index (χ0) is 13.1. The first-order chi connectivity index (χ1) is 8.59. The van der Waals surface area contributed by atoms with Gasteiger partial charge in [0.2, 0.25) is 5.91 Å². The van der Waals surface area contributed by atoms with E-state index in [9.17, 15) is 9.59 Å². The van der Waals surface area contributed by atoms with Crippen LogP contribution >= 0.6 is 12.4 Å². The van der Waals surface area contributed by atoms with Crippen LogP contribution in [-0.4, -0.2) is 58.5 Å². The molecule has 2 aliphatic rings. The molecule has 1 amide bonds. The summed E-state index contributed by atoms with van der Waals surface area (Å²) in [5.41, 5.74) is 0. The lowest BCUT2D eigenvalue weighted by Gasteiger charge is -2.24. The van der Waals surface area contributed by atoms with Crippen LogP contribution in [0, 0.1) is 0 Å². The quantitative estimate of drug-likeness (QED) is 0.849. The van der Waals surface area contributed by atoms with E-state index in [1.807, 2.05) is 9.80 Å². The third-order valence-electron chi connectivity index (χ3n) is 4.13. The molecule has 2 rings (SSSR count). The van der Waals surface area contributed by atoms with Crippen molar-refractivity contribution >= 4 is 24.3 Å². The van der Waals surface area contributed by atoms with Crippen molar-refractivity contribution in [3.05, 3.63) is 0 Å². The Morgan fingerprint density at radius 2 is 1.89 bits per heavy atom. The largest absolute Gasteiger partial charge is 0.480 e. The smallest absolute Gasteiger partial charge is 0.320 e. The number of amides is 1. The number of likely N-dealkylation sites (tertiary alicyclic amines) is 2. The van der Waals surface area contributed by atoms with Crippen molar-refractivity contribution < 1.29 is 14.7 Å². The highest BCUT2D eigenvalue weighted by molar-refractivity contribution is 5.85. The summed E-state index contributed by atoms with van der Waals surface area (Å²) in [6.45, 7) is 4.34. The van der Waals surface area contributed by atoms with Gasteiger partial charge in [0.1, 0.15) is 6.04 Å². The summed E-state index contributed by atoms with van der Waals surface area (Å²) in [7, 11) is 0. The number of hydrogen-bond acceptors (Lipinski definition) is 3. The minimum Gasteiger partial charge on any atom is -0.480 e. The third kappa shape index (κ3) is 3.83. The Morgan fingerprint density at radius 1 is 1.21 bits per heavy atom. The van der Waals surface area contributed by atoms with E-state index < -0.39 is 5.97 Å². The van der Waals surface area contributed by atoms with Gasteiger partial charge in [0.15, 0.2) is 0 Å². The number of carbonyl (C=O) groups is 2. The van der Waals surface area contributed by atoms with E-state index >= 15 is 0 Å². The van der Waals surface area contributed by atoms with Gasteiger partial charge in [0, 0.05) is 25.6 Å². The molecule has 19 heavy (non-hydrogen) atoms. The minimum absolute atomic E-state index is 0. The molecular weight excluding hydrogens is 268 g/mol. The van der Waals surface area contributed by atoms with Crippen LogP contribution in [0.3, 0.4) is 0 Å². The second-order valence-electron chi connectivity index (χ2n) is 5.36. The number of carboxylic acid groups (broad SMARTS) is 1. The van der Waals surface area contributed by atoms with E-state index in [2.05, 4.69) is 6.92 Å². The van der Waals surface area contributed by atoms with Gasteiger partial charge < -0.3 is 10.0 Å². The third-order valence-corrected chi connectivity index (χ3v) is 4.13. The molecule has 0 aliphatic carbocycles. The van der Waals surface area contributed by atoms with Crippen molar-refractivity contribution in [2.75, 3.05) is 19.6 Å². The van der Waals surface area contributed by atoms with Crippen molar-refractivity contribution in [2.24, 2.45) is 0 Å². The molecule has 6 heteroatoms. The number of nitrogens with zero attached hydrogens (tertiary/aromatic N) is 2. The van der Waals surface area contributed by atoms with Gasteiger partial charge in [0.05, 0.1) is 0 Å². The average Bonchev–Trinajstić information content (AvgIpc) is 2.94. The van der Waals surface area contributed by atoms with Crippen molar-refractivity contribution in [2.45, 2.75) is 51.1 Å². The van der Waals surface area contributed by atoms with Crippen LogP contribution in [-0.2, 0) is 9.59 Å². The van der Waals surface area contributed by atoms with E-state index in [0.29, 0.717) is 25.4 Å². The van der Waals surface area contributed by atoms with Gasteiger partial charge in [-0.1, -0.05) is 0 Å². The summed E-state index contributed by atoms with van der Waals surface area (Å²) < 4.78 is 0. The lowest BCUT2D eigenvalue weighted by Crippen LogP contribution is -2.40. The SMILES string of the molecule is CC1CCCN1C(=O)CCN1CCC[C@H]1C(=O)O.Cl. The molecule has 2 heterocycles. The lowest BCUT2D eigenvalue weighted by molar-refractivity contribution is -0.143. The van der Waals surface area contributed by atoms with E-state index in [1.54, 1.807) is 0 Å². The summed E-state index contributed by atoms with van der Waals surface area (Å²) in [5.74, 6) is -0.578. The molecular formula is C13H23ClN2O3. The van der Waals surface area contributed by atoms with Gasteiger partial charge in [-0.15, -0.1) is 12.4 Å². The van der Waals surface area contributed by atoms with Crippen LogP contribution in [0.15, 0.2) is 0 Å². The number of halogens is 1. The summed E-state index contributed by atoms with van der Waals surface area (Å²) in [5, 5.41) is 9.07. The summed E-state index contributed by atoms with van der Waals surface area (Å²) in [6, 6.07) is -0.0276. The fourth-order valence-corrected chi connectivity index (χ4v) is 3.06. The Bertz CT molecular complexity index is 338. The van der Waals surface area contributed by atoms with Gasteiger partial charge in [-0.05, 0) is 39.2 Å². The van der Waals surface area contributed by atoms with Crippen LogP contribution < -0.4 is 0 Å².